The number of nitrogens with zero attached hydrogens (tertiary/aromatic N) is 1. The van der Waals surface area contributed by atoms with Gasteiger partial charge in [-0.2, -0.15) is 0 Å². The van der Waals surface area contributed by atoms with Crippen molar-refractivity contribution in [2.75, 3.05) is 32.9 Å². The molecule has 2 unspecified atom stereocenters. The molecule has 1 rings (SSSR count). The molecule has 0 aliphatic heterocycles. The molecule has 2 atom stereocenters. The number of aliphatic hydroxyl groups is 2. The van der Waals surface area contributed by atoms with E-state index in [2.05, 4.69) is 10.6 Å². The van der Waals surface area contributed by atoms with E-state index in [0.29, 0.717) is 5.56 Å². The zero-order valence-electron chi connectivity index (χ0n) is 21.9. The average Bonchev–Trinajstić information content (AvgIpc) is 2.77. The molecule has 3 amide bonds. The Hall–Kier alpha value is -3.18. The number of nitrogens with one attached hydrogen (secondary N) is 2. The van der Waals surface area contributed by atoms with Crippen molar-refractivity contribution >= 4 is 23.9 Å². The van der Waals surface area contributed by atoms with Crippen molar-refractivity contribution in [1.29, 1.82) is 0 Å². The van der Waals surface area contributed by atoms with Crippen LogP contribution >= 0.6 is 0 Å². The molecule has 36 heavy (non-hydrogen) atoms. The van der Waals surface area contributed by atoms with Crippen molar-refractivity contribution in [3.63, 3.8) is 0 Å². The molecule has 0 fully saturated rings. The lowest BCUT2D eigenvalue weighted by Crippen LogP contribution is -2.55. The van der Waals surface area contributed by atoms with Gasteiger partial charge in [-0.3, -0.25) is 14.4 Å². The molecule has 0 radical (unpaired) electrons. The van der Waals surface area contributed by atoms with Gasteiger partial charge in [0.1, 0.15) is 17.7 Å². The highest BCUT2D eigenvalue weighted by atomic mass is 16.6. The standard InChI is InChI=1S/C25H39N3O8/c1-7-35-19(31)11-12-26-22(32)21(20-16(2)9-8-10-17(20)3)28(13-14-29)23(33)18(15-30)27-24(34)36-25(4,5)6/h8-10,18,21,29-30H,7,11-15H2,1-6H3,(H,26,32)(H,27,34). The molecule has 0 bridgehead atoms. The number of amides is 3. The minimum atomic E-state index is -1.43. The smallest absolute Gasteiger partial charge is 0.408 e. The summed E-state index contributed by atoms with van der Waals surface area (Å²) in [6.45, 7) is 8.88. The third-order valence-electron chi connectivity index (χ3n) is 5.10. The maximum Gasteiger partial charge on any atom is 0.408 e. The van der Waals surface area contributed by atoms with Crippen molar-refractivity contribution in [1.82, 2.24) is 15.5 Å². The van der Waals surface area contributed by atoms with Crippen molar-refractivity contribution in [3.05, 3.63) is 34.9 Å². The topological polar surface area (TPSA) is 154 Å². The summed E-state index contributed by atoms with van der Waals surface area (Å²) in [5.74, 6) is -1.86. The maximum atomic E-state index is 13.5. The average molecular weight is 510 g/mol. The van der Waals surface area contributed by atoms with Crippen LogP contribution in [0.25, 0.3) is 0 Å². The molecule has 0 heterocycles. The van der Waals surface area contributed by atoms with Gasteiger partial charge in [-0.25, -0.2) is 4.79 Å². The van der Waals surface area contributed by atoms with Gasteiger partial charge in [-0.15, -0.1) is 0 Å². The number of esters is 1. The highest BCUT2D eigenvalue weighted by Gasteiger charge is 2.37. The minimum absolute atomic E-state index is 0.0279. The van der Waals surface area contributed by atoms with Crippen LogP contribution in [0.15, 0.2) is 18.2 Å². The fraction of sp³-hybridized carbons (Fsp3) is 0.600. The third-order valence-corrected chi connectivity index (χ3v) is 5.10. The first kappa shape index (κ1) is 30.9. The predicted molar refractivity (Wildman–Crippen MR) is 132 cm³/mol. The number of rotatable bonds is 12. The van der Waals surface area contributed by atoms with E-state index < -0.39 is 54.8 Å². The van der Waals surface area contributed by atoms with Gasteiger partial charge in [0.15, 0.2) is 0 Å². The second kappa shape index (κ2) is 14.4. The van der Waals surface area contributed by atoms with Crippen LogP contribution in [0.1, 0.15) is 56.8 Å². The summed E-state index contributed by atoms with van der Waals surface area (Å²) in [5.41, 5.74) is 1.13. The third kappa shape index (κ3) is 9.46. The summed E-state index contributed by atoms with van der Waals surface area (Å²) in [6.07, 6.45) is -0.978. The lowest BCUT2D eigenvalue weighted by Gasteiger charge is -2.35. The van der Waals surface area contributed by atoms with E-state index in [4.69, 9.17) is 9.47 Å². The van der Waals surface area contributed by atoms with Crippen LogP contribution < -0.4 is 10.6 Å². The van der Waals surface area contributed by atoms with E-state index in [-0.39, 0.29) is 26.1 Å². The molecule has 11 heteroatoms. The Morgan fingerprint density at radius 3 is 2.19 bits per heavy atom. The molecule has 1 aromatic carbocycles. The zero-order valence-corrected chi connectivity index (χ0v) is 21.9. The number of benzene rings is 1. The summed E-state index contributed by atoms with van der Waals surface area (Å²) in [4.78, 5) is 52.0. The molecule has 0 aliphatic rings. The lowest BCUT2D eigenvalue weighted by molar-refractivity contribution is -0.145. The molecule has 0 saturated heterocycles. The van der Waals surface area contributed by atoms with Crippen LogP contribution in [0.3, 0.4) is 0 Å². The van der Waals surface area contributed by atoms with Crippen molar-refractivity contribution in [2.24, 2.45) is 0 Å². The summed E-state index contributed by atoms with van der Waals surface area (Å²) in [7, 11) is 0. The first-order chi connectivity index (χ1) is 16.9. The van der Waals surface area contributed by atoms with Gasteiger partial charge in [0.05, 0.1) is 26.2 Å². The Morgan fingerprint density at radius 2 is 1.69 bits per heavy atom. The molecular formula is C25H39N3O8. The first-order valence-corrected chi connectivity index (χ1v) is 11.9. The van der Waals surface area contributed by atoms with Gasteiger partial charge in [0.25, 0.3) is 0 Å². The summed E-state index contributed by atoms with van der Waals surface area (Å²) < 4.78 is 10.1. The monoisotopic (exact) mass is 509 g/mol. The van der Waals surface area contributed by atoms with Crippen molar-refractivity contribution in [3.8, 4) is 0 Å². The van der Waals surface area contributed by atoms with Gasteiger partial charge in [0.2, 0.25) is 11.8 Å². The van der Waals surface area contributed by atoms with Crippen LogP contribution in [0.5, 0.6) is 0 Å². The number of hydrogen-bond donors (Lipinski definition) is 4. The molecule has 0 aliphatic carbocycles. The van der Waals surface area contributed by atoms with E-state index >= 15 is 0 Å². The van der Waals surface area contributed by atoms with Gasteiger partial charge in [-0.05, 0) is 58.2 Å². The van der Waals surface area contributed by atoms with E-state index in [1.165, 1.54) is 0 Å². The Bertz CT molecular complexity index is 893. The van der Waals surface area contributed by atoms with Crippen LogP contribution in [-0.2, 0) is 23.9 Å². The Morgan fingerprint density at radius 1 is 1.08 bits per heavy atom. The van der Waals surface area contributed by atoms with E-state index in [9.17, 15) is 29.4 Å². The van der Waals surface area contributed by atoms with Crippen LogP contribution in [0.2, 0.25) is 0 Å². The highest BCUT2D eigenvalue weighted by Crippen LogP contribution is 2.28. The molecule has 0 spiro atoms. The van der Waals surface area contributed by atoms with Gasteiger partial charge in [0, 0.05) is 13.1 Å². The normalized spacial score (nSPS) is 12.8. The maximum absolute atomic E-state index is 13.5. The number of carbonyl (C=O) groups excluding carboxylic acids is 4. The first-order valence-electron chi connectivity index (χ1n) is 11.9. The fourth-order valence-corrected chi connectivity index (χ4v) is 3.61. The van der Waals surface area contributed by atoms with E-state index in [0.717, 1.165) is 16.0 Å². The number of aryl methyl sites for hydroxylation is 2. The number of alkyl carbamates (subject to hydrolysis) is 1. The molecule has 0 saturated carbocycles. The molecule has 202 valence electrons. The predicted octanol–water partition coefficient (Wildman–Crippen LogP) is 1.12. The zero-order chi connectivity index (χ0) is 27.5. The highest BCUT2D eigenvalue weighted by molar-refractivity contribution is 5.92. The second-order valence-corrected chi connectivity index (χ2v) is 9.19. The summed E-state index contributed by atoms with van der Waals surface area (Å²) >= 11 is 0. The van der Waals surface area contributed by atoms with E-state index in [1.54, 1.807) is 53.7 Å². The fourth-order valence-electron chi connectivity index (χ4n) is 3.61. The number of ether oxygens (including phenoxy) is 2. The summed E-state index contributed by atoms with van der Waals surface area (Å²) in [6, 6.07) is 2.74. The Kier molecular flexibility index (Phi) is 12.3. The number of carbonyl (C=O) groups is 4. The quantitative estimate of drug-likeness (QED) is 0.306. The van der Waals surface area contributed by atoms with Gasteiger partial charge < -0.3 is 35.2 Å². The SMILES string of the molecule is CCOC(=O)CCNC(=O)C(c1c(C)cccc1C)N(CCO)C(=O)C(CO)NC(=O)OC(C)(C)C. The van der Waals surface area contributed by atoms with Crippen LogP contribution in [-0.4, -0.2) is 83.5 Å². The van der Waals surface area contributed by atoms with E-state index in [1.807, 2.05) is 6.07 Å². The Labute approximate surface area is 212 Å². The van der Waals surface area contributed by atoms with Gasteiger partial charge >= 0.3 is 12.1 Å². The van der Waals surface area contributed by atoms with Crippen molar-refractivity contribution < 1.29 is 38.9 Å². The van der Waals surface area contributed by atoms with Crippen molar-refractivity contribution in [2.45, 2.75) is 65.6 Å². The molecular weight excluding hydrogens is 470 g/mol. The van der Waals surface area contributed by atoms with Crippen LogP contribution in [0.4, 0.5) is 4.79 Å². The molecule has 0 aromatic heterocycles. The molecule has 1 aromatic rings. The lowest BCUT2D eigenvalue weighted by atomic mass is 9.93. The molecule has 4 N–H and O–H groups in total. The minimum Gasteiger partial charge on any atom is -0.466 e. The summed E-state index contributed by atoms with van der Waals surface area (Å²) in [5, 5.41) is 24.6. The number of hydrogen-bond acceptors (Lipinski definition) is 8. The Balaban J connectivity index is 3.34. The van der Waals surface area contributed by atoms with Crippen LogP contribution in [0, 0.1) is 13.8 Å². The largest absolute Gasteiger partial charge is 0.466 e. The second-order valence-electron chi connectivity index (χ2n) is 9.19. The number of aliphatic hydroxyl groups excluding tert-OH is 2. The molecule has 11 nitrogen and oxygen atoms in total. The van der Waals surface area contributed by atoms with Gasteiger partial charge in [-0.1, -0.05) is 18.2 Å².